The summed E-state index contributed by atoms with van der Waals surface area (Å²) in [4.78, 5) is 20.0. The normalized spacial score (nSPS) is 19.4. The fourth-order valence-electron chi connectivity index (χ4n) is 2.80. The highest BCUT2D eigenvalue weighted by molar-refractivity contribution is 8.01. The van der Waals surface area contributed by atoms with Gasteiger partial charge < -0.3 is 0 Å². The van der Waals surface area contributed by atoms with Crippen LogP contribution in [0.5, 0.6) is 0 Å². The maximum Gasteiger partial charge on any atom is 0.229 e. The first-order valence-electron chi connectivity index (χ1n) is 7.20. The third kappa shape index (κ3) is 2.75. The van der Waals surface area contributed by atoms with E-state index in [1.54, 1.807) is 28.8 Å². The summed E-state index contributed by atoms with van der Waals surface area (Å²) in [5, 5.41) is 1.24. The van der Waals surface area contributed by atoms with E-state index in [9.17, 15) is 4.79 Å². The van der Waals surface area contributed by atoms with Gasteiger partial charge in [-0.15, -0.1) is 11.8 Å². The fourth-order valence-corrected chi connectivity index (χ4v) is 4.48. The highest BCUT2D eigenvalue weighted by Gasteiger charge is 2.39. The van der Waals surface area contributed by atoms with Crippen LogP contribution >= 0.6 is 35.0 Å². The molecule has 3 nitrogen and oxygen atoms in total. The monoisotopic (exact) mass is 362 g/mol. The molecule has 6 heteroatoms. The summed E-state index contributed by atoms with van der Waals surface area (Å²) in [7, 11) is 0. The molecule has 0 bridgehead atoms. The van der Waals surface area contributed by atoms with E-state index in [4.69, 9.17) is 28.2 Å². The van der Waals surface area contributed by atoms with E-state index in [0.29, 0.717) is 23.0 Å². The Hall–Kier alpha value is -1.49. The van der Waals surface area contributed by atoms with E-state index in [-0.39, 0.29) is 11.2 Å². The van der Waals surface area contributed by atoms with Crippen LogP contribution in [0.3, 0.4) is 0 Å². The van der Waals surface area contributed by atoms with Crippen LogP contribution in [0.15, 0.2) is 52.4 Å². The molecule has 2 aliphatic rings. The number of thioether (sulfide) groups is 1. The summed E-state index contributed by atoms with van der Waals surface area (Å²) >= 11 is 13.9. The Labute approximate surface area is 148 Å². The molecule has 2 heterocycles. The minimum Gasteiger partial charge on any atom is -0.295 e. The lowest BCUT2D eigenvalue weighted by Crippen LogP contribution is -2.31. The molecule has 1 fully saturated rings. The van der Waals surface area contributed by atoms with Gasteiger partial charge in [-0.1, -0.05) is 41.4 Å². The first-order valence-corrected chi connectivity index (χ1v) is 8.84. The highest BCUT2D eigenvalue weighted by atomic mass is 35.5. The first-order chi connectivity index (χ1) is 11.1. The smallest absolute Gasteiger partial charge is 0.229 e. The molecular weight excluding hydrogens is 351 g/mol. The largest absolute Gasteiger partial charge is 0.295 e. The molecule has 2 aromatic rings. The van der Waals surface area contributed by atoms with Gasteiger partial charge in [0.15, 0.2) is 0 Å². The summed E-state index contributed by atoms with van der Waals surface area (Å²) in [6.07, 6.45) is 0.475. The van der Waals surface area contributed by atoms with E-state index in [1.807, 2.05) is 30.3 Å². The molecule has 116 valence electrons. The number of fused-ring (bicyclic) bond motifs is 2. The van der Waals surface area contributed by atoms with Crippen molar-refractivity contribution in [1.29, 1.82) is 0 Å². The number of carbonyl (C=O) groups is 1. The predicted octanol–water partition coefficient (Wildman–Crippen LogP) is 4.93. The molecule has 0 unspecified atom stereocenters. The molecule has 2 aliphatic heterocycles. The molecule has 4 rings (SSSR count). The lowest BCUT2D eigenvalue weighted by molar-refractivity contribution is -0.126. The number of para-hydroxylation sites is 1. The maximum atomic E-state index is 12.4. The molecule has 1 atom stereocenters. The quantitative estimate of drug-likeness (QED) is 0.758. The Morgan fingerprint density at radius 3 is 2.87 bits per heavy atom. The number of amides is 1. The van der Waals surface area contributed by atoms with E-state index in [1.165, 1.54) is 0 Å². The third-order valence-corrected chi connectivity index (χ3v) is 5.79. The SMILES string of the molecule is O=C1C[C@H]2Sc3ccccc3N=C2N1Cc1ccc(Cl)cc1Cl. The molecule has 1 saturated heterocycles. The van der Waals surface area contributed by atoms with Crippen LogP contribution in [0.4, 0.5) is 5.69 Å². The summed E-state index contributed by atoms with van der Waals surface area (Å²) in [6.45, 7) is 0.424. The number of aliphatic imine (C=N–C) groups is 1. The van der Waals surface area contributed by atoms with Crippen molar-refractivity contribution in [2.24, 2.45) is 4.99 Å². The molecule has 23 heavy (non-hydrogen) atoms. The summed E-state index contributed by atoms with van der Waals surface area (Å²) in [5.74, 6) is 0.907. The van der Waals surface area contributed by atoms with Crippen molar-refractivity contribution in [3.05, 3.63) is 58.1 Å². The average Bonchev–Trinajstić information content (AvgIpc) is 2.82. The Kier molecular flexibility index (Phi) is 3.84. The van der Waals surface area contributed by atoms with Gasteiger partial charge in [-0.3, -0.25) is 9.69 Å². The van der Waals surface area contributed by atoms with Crippen molar-refractivity contribution in [3.63, 3.8) is 0 Å². The van der Waals surface area contributed by atoms with Crippen molar-refractivity contribution in [3.8, 4) is 0 Å². The van der Waals surface area contributed by atoms with Crippen LogP contribution in [-0.2, 0) is 11.3 Å². The second-order valence-corrected chi connectivity index (χ2v) is 7.55. The van der Waals surface area contributed by atoms with Crippen LogP contribution in [0.2, 0.25) is 10.0 Å². The first kappa shape index (κ1) is 15.1. The Morgan fingerprint density at radius 1 is 1.22 bits per heavy atom. The molecule has 0 spiro atoms. The second-order valence-electron chi connectivity index (χ2n) is 5.46. The van der Waals surface area contributed by atoms with Gasteiger partial charge in [-0.05, 0) is 29.8 Å². The van der Waals surface area contributed by atoms with Gasteiger partial charge >= 0.3 is 0 Å². The topological polar surface area (TPSA) is 32.7 Å². The van der Waals surface area contributed by atoms with E-state index < -0.39 is 0 Å². The zero-order chi connectivity index (χ0) is 16.0. The van der Waals surface area contributed by atoms with Crippen molar-refractivity contribution in [2.75, 3.05) is 0 Å². The standard InChI is InChI=1S/C17H12Cl2N2OS/c18-11-6-5-10(12(19)7-11)9-21-16(22)8-15-17(21)20-13-3-1-2-4-14(13)23-15/h1-7,15H,8-9H2/t15-/m1/s1. The third-order valence-electron chi connectivity index (χ3n) is 3.94. The summed E-state index contributed by atoms with van der Waals surface area (Å²) in [6, 6.07) is 13.3. The highest BCUT2D eigenvalue weighted by Crippen LogP contribution is 2.42. The minimum absolute atomic E-state index is 0.0834. The number of likely N-dealkylation sites (tertiary alicyclic amines) is 1. The second kappa shape index (κ2) is 5.86. The lowest BCUT2D eigenvalue weighted by atomic mass is 10.2. The number of carbonyl (C=O) groups excluding carboxylic acids is 1. The van der Waals surface area contributed by atoms with Crippen LogP contribution < -0.4 is 0 Å². The zero-order valence-electron chi connectivity index (χ0n) is 12.0. The number of rotatable bonds is 2. The number of halogens is 2. The Balaban J connectivity index is 1.69. The van der Waals surface area contributed by atoms with Gasteiger partial charge in [0.25, 0.3) is 0 Å². The van der Waals surface area contributed by atoms with Gasteiger partial charge in [0.2, 0.25) is 5.91 Å². The lowest BCUT2D eigenvalue weighted by Gasteiger charge is -2.23. The van der Waals surface area contributed by atoms with Crippen LogP contribution in [-0.4, -0.2) is 21.9 Å². The van der Waals surface area contributed by atoms with E-state index in [2.05, 4.69) is 0 Å². The van der Waals surface area contributed by atoms with Gasteiger partial charge in [0.1, 0.15) is 5.84 Å². The van der Waals surface area contributed by atoms with Crippen molar-refractivity contribution < 1.29 is 4.79 Å². The van der Waals surface area contributed by atoms with Crippen LogP contribution in [0, 0.1) is 0 Å². The molecule has 0 aliphatic carbocycles. The number of benzene rings is 2. The number of hydrogen-bond acceptors (Lipinski definition) is 3. The Bertz CT molecular complexity index is 837. The molecule has 0 aromatic heterocycles. The zero-order valence-corrected chi connectivity index (χ0v) is 14.3. The van der Waals surface area contributed by atoms with Crippen molar-refractivity contribution in [2.45, 2.75) is 23.1 Å². The van der Waals surface area contributed by atoms with E-state index >= 15 is 0 Å². The van der Waals surface area contributed by atoms with Gasteiger partial charge in [0, 0.05) is 21.4 Å². The molecule has 0 saturated carbocycles. The van der Waals surface area contributed by atoms with Crippen LogP contribution in [0.25, 0.3) is 0 Å². The van der Waals surface area contributed by atoms with Crippen molar-refractivity contribution in [1.82, 2.24) is 4.90 Å². The Morgan fingerprint density at radius 2 is 2.04 bits per heavy atom. The number of hydrogen-bond donors (Lipinski definition) is 0. The average molecular weight is 363 g/mol. The molecule has 1 amide bonds. The fraction of sp³-hybridized carbons (Fsp3) is 0.176. The molecule has 0 N–H and O–H groups in total. The number of amidine groups is 1. The van der Waals surface area contributed by atoms with Crippen LogP contribution in [0.1, 0.15) is 12.0 Å². The van der Waals surface area contributed by atoms with Gasteiger partial charge in [0.05, 0.1) is 17.5 Å². The molecule has 2 aromatic carbocycles. The molecule has 0 radical (unpaired) electrons. The van der Waals surface area contributed by atoms with Gasteiger partial charge in [-0.2, -0.15) is 0 Å². The van der Waals surface area contributed by atoms with E-state index in [0.717, 1.165) is 22.0 Å². The number of nitrogens with zero attached hydrogens (tertiary/aromatic N) is 2. The predicted molar refractivity (Wildman–Crippen MR) is 94.8 cm³/mol. The summed E-state index contributed by atoms with van der Waals surface area (Å²) < 4.78 is 0. The molecular formula is C17H12Cl2N2OS. The minimum atomic E-state index is 0.0834. The maximum absolute atomic E-state index is 12.4. The van der Waals surface area contributed by atoms with Gasteiger partial charge in [-0.25, -0.2) is 4.99 Å². The van der Waals surface area contributed by atoms with Crippen molar-refractivity contribution >= 4 is 52.4 Å². The summed E-state index contributed by atoms with van der Waals surface area (Å²) in [5.41, 5.74) is 1.79.